The Morgan fingerprint density at radius 3 is 1.93 bits per heavy atom. The summed E-state index contributed by atoms with van der Waals surface area (Å²) in [4.78, 5) is 0. The molecule has 2 nitrogen and oxygen atoms in total. The average molecular weight is 420 g/mol. The molecular formula is C26H37BO2Si. The Labute approximate surface area is 184 Å². The standard InChI is InChI=1S/C26H37BO2Si/c1-21(15-14-20-27-28-25(2,3)26(4,5)29-27)24(22-16-10-8-11-17-22)30(6,7)23-18-12-9-13-19-23/h8-13,15-19,24H,14,20H2,1-7H3/b21-15+. The van der Waals surface area contributed by atoms with Crippen LogP contribution in [0.2, 0.25) is 19.4 Å². The van der Waals surface area contributed by atoms with Crippen molar-refractivity contribution in [3.63, 3.8) is 0 Å². The molecule has 2 aromatic carbocycles. The highest BCUT2D eigenvalue weighted by Gasteiger charge is 2.50. The smallest absolute Gasteiger partial charge is 0.403 e. The van der Waals surface area contributed by atoms with Crippen molar-refractivity contribution in [1.29, 1.82) is 0 Å². The van der Waals surface area contributed by atoms with E-state index in [4.69, 9.17) is 9.31 Å². The maximum absolute atomic E-state index is 6.18. The van der Waals surface area contributed by atoms with Gasteiger partial charge in [-0.15, -0.1) is 0 Å². The fraction of sp³-hybridized carbons (Fsp3) is 0.462. The van der Waals surface area contributed by atoms with Crippen LogP contribution < -0.4 is 5.19 Å². The van der Waals surface area contributed by atoms with E-state index in [0.29, 0.717) is 5.54 Å². The fourth-order valence-corrected chi connectivity index (χ4v) is 8.24. The lowest BCUT2D eigenvalue weighted by atomic mass is 9.82. The summed E-state index contributed by atoms with van der Waals surface area (Å²) in [5.41, 5.74) is 2.80. The number of rotatable bonds is 7. The Kier molecular flexibility index (Phi) is 6.81. The first kappa shape index (κ1) is 23.1. The van der Waals surface area contributed by atoms with Crippen molar-refractivity contribution in [3.05, 3.63) is 77.9 Å². The Morgan fingerprint density at radius 1 is 0.900 bits per heavy atom. The maximum atomic E-state index is 6.18. The summed E-state index contributed by atoms with van der Waals surface area (Å²) in [7, 11) is -1.90. The Bertz CT molecular complexity index is 843. The summed E-state index contributed by atoms with van der Waals surface area (Å²) < 4.78 is 12.4. The Morgan fingerprint density at radius 2 is 1.40 bits per heavy atom. The van der Waals surface area contributed by atoms with Gasteiger partial charge in [0, 0.05) is 5.54 Å². The van der Waals surface area contributed by atoms with Crippen LogP contribution in [0.1, 0.15) is 52.1 Å². The first-order chi connectivity index (χ1) is 14.0. The molecule has 1 saturated heterocycles. The maximum Gasteiger partial charge on any atom is 0.458 e. The van der Waals surface area contributed by atoms with E-state index in [0.717, 1.165) is 12.7 Å². The van der Waals surface area contributed by atoms with Gasteiger partial charge in [0.2, 0.25) is 0 Å². The van der Waals surface area contributed by atoms with Gasteiger partial charge >= 0.3 is 7.12 Å². The summed E-state index contributed by atoms with van der Waals surface area (Å²) in [5.74, 6) is 0. The average Bonchev–Trinajstić information content (AvgIpc) is 2.89. The lowest BCUT2D eigenvalue weighted by molar-refractivity contribution is 0.00578. The molecule has 1 aliphatic heterocycles. The molecule has 2 aromatic rings. The molecule has 0 aromatic heterocycles. The second-order valence-electron chi connectivity index (χ2n) is 10.1. The third-order valence-electron chi connectivity index (χ3n) is 7.00. The summed E-state index contributed by atoms with van der Waals surface area (Å²) >= 11 is 0. The summed E-state index contributed by atoms with van der Waals surface area (Å²) in [6.45, 7) is 15.8. The zero-order valence-corrected chi connectivity index (χ0v) is 20.7. The first-order valence-electron chi connectivity index (χ1n) is 11.2. The lowest BCUT2D eigenvalue weighted by Gasteiger charge is -2.34. The third-order valence-corrected chi connectivity index (χ3v) is 11.1. The van der Waals surface area contributed by atoms with Gasteiger partial charge < -0.3 is 9.31 Å². The lowest BCUT2D eigenvalue weighted by Crippen LogP contribution is -2.48. The summed E-state index contributed by atoms with van der Waals surface area (Å²) in [5, 5.41) is 1.50. The van der Waals surface area contributed by atoms with Gasteiger partial charge in [0.05, 0.1) is 19.3 Å². The minimum Gasteiger partial charge on any atom is -0.403 e. The van der Waals surface area contributed by atoms with E-state index in [1.54, 1.807) is 0 Å². The third kappa shape index (κ3) is 4.82. The predicted molar refractivity (Wildman–Crippen MR) is 132 cm³/mol. The van der Waals surface area contributed by atoms with Gasteiger partial charge in [-0.05, 0) is 52.9 Å². The van der Waals surface area contributed by atoms with Crippen LogP contribution in [0.15, 0.2) is 72.3 Å². The van der Waals surface area contributed by atoms with Crippen LogP contribution in [0, 0.1) is 0 Å². The van der Waals surface area contributed by atoms with Crippen LogP contribution in [0.4, 0.5) is 0 Å². The molecule has 1 fully saturated rings. The highest BCUT2D eigenvalue weighted by atomic mass is 28.3. The molecule has 160 valence electrons. The molecule has 0 saturated carbocycles. The van der Waals surface area contributed by atoms with Crippen molar-refractivity contribution in [3.8, 4) is 0 Å². The fourth-order valence-electron chi connectivity index (χ4n) is 4.58. The van der Waals surface area contributed by atoms with E-state index in [2.05, 4.69) is 114 Å². The van der Waals surface area contributed by atoms with Crippen LogP contribution >= 0.6 is 0 Å². The molecule has 0 radical (unpaired) electrons. The Hall–Kier alpha value is -1.62. The van der Waals surface area contributed by atoms with Crippen molar-refractivity contribution < 1.29 is 9.31 Å². The molecule has 30 heavy (non-hydrogen) atoms. The van der Waals surface area contributed by atoms with Crippen molar-refractivity contribution in [2.24, 2.45) is 0 Å². The van der Waals surface area contributed by atoms with Gasteiger partial charge in [-0.25, -0.2) is 0 Å². The van der Waals surface area contributed by atoms with Crippen LogP contribution in [0.3, 0.4) is 0 Å². The number of allylic oxidation sites excluding steroid dienone is 2. The Balaban J connectivity index is 1.80. The summed E-state index contributed by atoms with van der Waals surface area (Å²) in [6, 6.07) is 22.1. The first-order valence-corrected chi connectivity index (χ1v) is 14.2. The number of hydrogen-bond donors (Lipinski definition) is 0. The molecule has 1 heterocycles. The van der Waals surface area contributed by atoms with Crippen molar-refractivity contribution in [1.82, 2.24) is 0 Å². The van der Waals surface area contributed by atoms with Crippen molar-refractivity contribution >= 4 is 20.4 Å². The zero-order chi connectivity index (χ0) is 22.0. The number of benzene rings is 2. The predicted octanol–water partition coefficient (Wildman–Crippen LogP) is 6.35. The van der Waals surface area contributed by atoms with Gasteiger partial charge in [0.25, 0.3) is 0 Å². The zero-order valence-electron chi connectivity index (χ0n) is 19.7. The molecule has 0 N–H and O–H groups in total. The monoisotopic (exact) mass is 420 g/mol. The van der Waals surface area contributed by atoms with E-state index in [1.165, 1.54) is 16.3 Å². The molecule has 0 bridgehead atoms. The molecule has 0 amide bonds. The van der Waals surface area contributed by atoms with Crippen molar-refractivity contribution in [2.45, 2.75) is 77.2 Å². The highest BCUT2D eigenvalue weighted by Crippen LogP contribution is 2.38. The van der Waals surface area contributed by atoms with E-state index in [9.17, 15) is 0 Å². The van der Waals surface area contributed by atoms with Crippen LogP contribution in [-0.4, -0.2) is 26.4 Å². The molecular weight excluding hydrogens is 383 g/mol. The van der Waals surface area contributed by atoms with Gasteiger partial charge in [-0.1, -0.05) is 90.6 Å². The second-order valence-corrected chi connectivity index (χ2v) is 14.7. The molecule has 3 rings (SSSR count). The van der Waals surface area contributed by atoms with Crippen molar-refractivity contribution in [2.75, 3.05) is 0 Å². The van der Waals surface area contributed by atoms with E-state index in [1.807, 2.05) is 0 Å². The molecule has 1 atom stereocenters. The van der Waals surface area contributed by atoms with Gasteiger partial charge in [-0.3, -0.25) is 0 Å². The number of hydrogen-bond acceptors (Lipinski definition) is 2. The minimum absolute atomic E-state index is 0.131. The van der Waals surface area contributed by atoms with Gasteiger partial charge in [0.1, 0.15) is 0 Å². The van der Waals surface area contributed by atoms with Crippen LogP contribution in [0.5, 0.6) is 0 Å². The van der Waals surface area contributed by atoms with E-state index in [-0.39, 0.29) is 18.3 Å². The second kappa shape index (κ2) is 8.86. The molecule has 1 unspecified atom stereocenters. The highest BCUT2D eigenvalue weighted by molar-refractivity contribution is 6.91. The SMILES string of the molecule is C/C(=C\CCB1OC(C)(C)C(C)(C)O1)C(c1ccccc1)[Si](C)(C)c1ccccc1. The minimum atomic E-state index is -1.77. The largest absolute Gasteiger partial charge is 0.458 e. The van der Waals surface area contributed by atoms with Gasteiger partial charge in [0.15, 0.2) is 0 Å². The molecule has 1 aliphatic rings. The van der Waals surface area contributed by atoms with E-state index >= 15 is 0 Å². The quantitative estimate of drug-likeness (QED) is 0.384. The molecule has 0 spiro atoms. The normalized spacial score (nSPS) is 19.7. The molecule has 4 heteroatoms. The van der Waals surface area contributed by atoms with Gasteiger partial charge in [-0.2, -0.15) is 0 Å². The van der Waals surface area contributed by atoms with Crippen LogP contribution in [-0.2, 0) is 9.31 Å². The molecule has 0 aliphatic carbocycles. The topological polar surface area (TPSA) is 18.5 Å². The summed E-state index contributed by atoms with van der Waals surface area (Å²) in [6.07, 6.45) is 4.27. The van der Waals surface area contributed by atoms with E-state index < -0.39 is 8.07 Å². The van der Waals surface area contributed by atoms with Crippen LogP contribution in [0.25, 0.3) is 0 Å².